The van der Waals surface area contributed by atoms with Crippen LogP contribution in [0, 0.1) is 5.92 Å². The normalized spacial score (nSPS) is 12.7. The highest BCUT2D eigenvalue weighted by Gasteiger charge is 2.31. The van der Waals surface area contributed by atoms with Crippen LogP contribution in [0.2, 0.25) is 0 Å². The third-order valence-electron chi connectivity index (χ3n) is 20.0. The fourth-order valence-electron chi connectivity index (χ4n) is 12.7. The third-order valence-corrected chi connectivity index (χ3v) is 20.0. The van der Waals surface area contributed by atoms with Gasteiger partial charge in [0.2, 0.25) is 23.6 Å². The SMILES string of the molecule is CC(=O)CC(Cc1ccc(O)c(O)c1)C(=O)O.CC(=O)CCC(O)c1ccc(O)c(O)c1.CC(=O)CCCc1cc(O)c(O)c(O)c1.CC(=O)CCCc1ccc(O)c(O)c1.CC(=O)N(C)CC(O)c1ccc(O)c(O)c1.CC(=O)N1CCc2cc(O)c(O)cc2C1.CC(=O)N1CCc2cc(O)c(O)cc2C1Cc1ccc(O)c(O)c1.CNC(=O)/C=C/c1ccc(O)c(O)c1. The van der Waals surface area contributed by atoms with E-state index in [2.05, 4.69) is 5.32 Å². The summed E-state index contributed by atoms with van der Waals surface area (Å²) >= 11 is 0. The molecule has 2 aliphatic rings. The molecule has 0 bridgehead atoms. The van der Waals surface area contributed by atoms with Gasteiger partial charge in [0.1, 0.15) is 23.1 Å². The zero-order valence-corrected chi connectivity index (χ0v) is 73.2. The molecule has 0 saturated carbocycles. The first-order chi connectivity index (χ1) is 61.0. The quantitative estimate of drug-likeness (QED) is 0.0197. The molecule has 9 aromatic rings. The number of carbonyl (C=O) groups excluding carboxylic acids is 8. The van der Waals surface area contributed by atoms with Crippen molar-refractivity contribution >= 4 is 58.8 Å². The number of hydrogen-bond donors (Lipinski definition) is 23. The molecule has 130 heavy (non-hydrogen) atoms. The predicted octanol–water partition coefficient (Wildman–Crippen LogP) is 11.2. The number of benzene rings is 9. The van der Waals surface area contributed by atoms with Gasteiger partial charge in [-0.25, -0.2) is 0 Å². The van der Waals surface area contributed by atoms with Crippen LogP contribution in [0.4, 0.5) is 0 Å². The maximum absolute atomic E-state index is 12.0. The molecule has 0 aliphatic carbocycles. The van der Waals surface area contributed by atoms with Crippen molar-refractivity contribution in [2.75, 3.05) is 33.7 Å². The molecule has 0 spiro atoms. The van der Waals surface area contributed by atoms with Crippen LogP contribution in [0.1, 0.15) is 173 Å². The summed E-state index contributed by atoms with van der Waals surface area (Å²) in [6.07, 6.45) is 7.46. The molecule has 700 valence electrons. The van der Waals surface area contributed by atoms with E-state index in [9.17, 15) is 115 Å². The number of carboxylic acid groups (broad SMARTS) is 1. The molecule has 0 saturated heterocycles. The van der Waals surface area contributed by atoms with E-state index in [1.165, 1.54) is 187 Å². The lowest BCUT2D eigenvalue weighted by Gasteiger charge is -2.37. The number of nitrogens with one attached hydrogen (secondary N) is 1. The smallest absolute Gasteiger partial charge is 0.307 e. The van der Waals surface area contributed by atoms with Crippen molar-refractivity contribution in [2.45, 2.75) is 157 Å². The van der Waals surface area contributed by atoms with E-state index in [0.717, 1.165) is 52.6 Å². The summed E-state index contributed by atoms with van der Waals surface area (Å²) in [5.74, 6) is -6.58. The van der Waals surface area contributed by atoms with E-state index >= 15 is 0 Å². The van der Waals surface area contributed by atoms with Crippen LogP contribution < -0.4 is 5.32 Å². The van der Waals surface area contributed by atoms with Crippen LogP contribution in [0.5, 0.6) is 109 Å². The van der Waals surface area contributed by atoms with Gasteiger partial charge in [-0.05, 0) is 262 Å². The van der Waals surface area contributed by atoms with E-state index in [1.807, 2.05) is 0 Å². The molecule has 9 aromatic carbocycles. The summed E-state index contributed by atoms with van der Waals surface area (Å²) in [5, 5.41) is 207. The number of carbonyl (C=O) groups is 9. The number of Topliss-reactive ketones (excluding diaryl/α,β-unsaturated/α-hetero) is 4. The lowest BCUT2D eigenvalue weighted by atomic mass is 9.88. The molecule has 0 radical (unpaired) electrons. The molecule has 2 aliphatic heterocycles. The zero-order valence-electron chi connectivity index (χ0n) is 73.2. The van der Waals surface area contributed by atoms with E-state index in [-0.39, 0.29) is 176 Å². The Balaban J connectivity index is 0.000000313. The lowest BCUT2D eigenvalue weighted by Crippen LogP contribution is -2.39. The second kappa shape index (κ2) is 52.1. The second-order valence-corrected chi connectivity index (χ2v) is 30.6. The lowest BCUT2D eigenvalue weighted by molar-refractivity contribution is -0.143. The number of hydrogen-bond acceptors (Lipinski definition) is 30. The number of fused-ring (bicyclic) bond motifs is 2. The number of aliphatic hydroxyl groups is 2. The number of likely N-dealkylation sites (N-methyl/N-ethyl adjacent to an activating group) is 2. The highest BCUT2D eigenvalue weighted by atomic mass is 16.4. The van der Waals surface area contributed by atoms with Gasteiger partial charge in [-0.2, -0.15) is 0 Å². The van der Waals surface area contributed by atoms with Crippen molar-refractivity contribution in [1.29, 1.82) is 0 Å². The number of nitrogens with zero attached hydrogens (tertiary/aromatic N) is 3. The topological polar surface area (TPSA) is 620 Å². The number of carboxylic acids is 1. The van der Waals surface area contributed by atoms with Crippen molar-refractivity contribution in [2.24, 2.45) is 5.92 Å². The van der Waals surface area contributed by atoms with E-state index in [4.69, 9.17) is 40.9 Å². The Morgan fingerprint density at radius 1 is 0.423 bits per heavy atom. The summed E-state index contributed by atoms with van der Waals surface area (Å²) in [7, 11) is 3.10. The molecule has 23 N–H and O–H groups in total. The van der Waals surface area contributed by atoms with Crippen LogP contribution in [0.15, 0.2) is 152 Å². The van der Waals surface area contributed by atoms with Crippen LogP contribution in [0.25, 0.3) is 6.08 Å². The van der Waals surface area contributed by atoms with Crippen LogP contribution >= 0.6 is 0 Å². The Hall–Kier alpha value is -15.1. The first-order valence-corrected chi connectivity index (χ1v) is 40.6. The predicted molar refractivity (Wildman–Crippen MR) is 476 cm³/mol. The van der Waals surface area contributed by atoms with Gasteiger partial charge < -0.3 is 152 Å². The fourth-order valence-corrected chi connectivity index (χ4v) is 12.7. The number of aromatic hydroxyl groups is 19. The molecule has 4 amide bonds. The number of aryl methyl sites for hydroxylation is 2. The minimum atomic E-state index is -1.05. The van der Waals surface area contributed by atoms with Gasteiger partial charge in [-0.3, -0.25) is 24.0 Å². The maximum Gasteiger partial charge on any atom is 0.307 e. The van der Waals surface area contributed by atoms with Gasteiger partial charge in [-0.1, -0.05) is 36.4 Å². The number of ketones is 4. The van der Waals surface area contributed by atoms with Gasteiger partial charge in [0.05, 0.1) is 30.7 Å². The summed E-state index contributed by atoms with van der Waals surface area (Å²) in [5.41, 5.74) is 8.10. The third kappa shape index (κ3) is 36.4. The highest BCUT2D eigenvalue weighted by molar-refractivity contribution is 5.91. The molecular formula is C95H114N4O31. The van der Waals surface area contributed by atoms with Crippen LogP contribution in [0.3, 0.4) is 0 Å². The minimum absolute atomic E-state index is 0.0112. The Labute approximate surface area is 749 Å². The molecular weight excluding hydrogens is 1690 g/mol. The molecule has 35 nitrogen and oxygen atoms in total. The monoisotopic (exact) mass is 1810 g/mol. The average Bonchev–Trinajstić information content (AvgIpc) is 0.775. The molecule has 4 unspecified atom stereocenters. The standard InChI is InChI=1S/C18H19NO5.C12H14O5.C11H15NO4.C11H13NO3.2C11H14O4.C11H14O3.C10H11NO3/c1-10(20)19-5-4-12-8-17(23)18(24)9-13(12)14(19)6-11-2-3-15(21)16(22)7-11;1-7(13)4-9(12(16)17)5-8-2-3-10(14)11(15)6-8;1-7(13)12(2)6-11(16)8-3-4-9(14)10(15)5-8;1-7(13)12-3-2-8-4-10(14)11(15)5-9(8)6-12;1-7(12)2-4-9(13)8-3-5-10(14)11(15)6-8;1-7(12)3-2-4-8-5-9(13)11(15)10(14)6-8;1-8(12)3-2-4-9-5-6-10(13)11(14)7-9;1-11-10(14)5-3-7-2-4-8(12)9(13)6-7/h2-3,7-9,14,21-24H,4-6H2,1H3;2-3,6,9,14-15H,4-5H2,1H3,(H,16,17);3-5,11,14-16H,6H2,1-2H3;4-5,14-15H,2-3,6H2,1H3;3,5-6,9,13-15H,2,4H2,1H3;5-6,13-15H,2-4H2,1H3;5-7,13-14H,2-4H2,1H3;2-6,12-13H,1H3,(H,11,14)/b;;;;;;;5-3+. The molecule has 35 heteroatoms. The number of rotatable bonds is 24. The minimum Gasteiger partial charge on any atom is -0.504 e. The van der Waals surface area contributed by atoms with Crippen molar-refractivity contribution in [1.82, 2.24) is 20.0 Å². The van der Waals surface area contributed by atoms with E-state index in [1.54, 1.807) is 48.0 Å². The molecule has 4 atom stereocenters. The van der Waals surface area contributed by atoms with Crippen molar-refractivity contribution in [3.8, 4) is 109 Å². The number of phenols is 19. The molecule has 0 fully saturated rings. The summed E-state index contributed by atoms with van der Waals surface area (Å²) in [4.78, 5) is 104. The summed E-state index contributed by atoms with van der Waals surface area (Å²) < 4.78 is 0. The van der Waals surface area contributed by atoms with Gasteiger partial charge >= 0.3 is 5.97 Å². The van der Waals surface area contributed by atoms with Gasteiger partial charge in [-0.15, -0.1) is 0 Å². The average molecular weight is 1810 g/mol. The highest BCUT2D eigenvalue weighted by Crippen LogP contribution is 2.42. The van der Waals surface area contributed by atoms with Crippen molar-refractivity contribution in [3.05, 3.63) is 213 Å². The van der Waals surface area contributed by atoms with Crippen LogP contribution in [-0.2, 0) is 88.2 Å². The summed E-state index contributed by atoms with van der Waals surface area (Å²) in [6, 6.07) is 34.4. The molecule has 0 aromatic heterocycles. The first-order valence-electron chi connectivity index (χ1n) is 40.6. The van der Waals surface area contributed by atoms with Gasteiger partial charge in [0.25, 0.3) is 0 Å². The van der Waals surface area contributed by atoms with Gasteiger partial charge in [0, 0.05) is 86.3 Å². The number of aliphatic hydroxyl groups excluding tert-OH is 2. The van der Waals surface area contributed by atoms with E-state index < -0.39 is 29.8 Å². The zero-order chi connectivity index (χ0) is 97.7. The van der Waals surface area contributed by atoms with Crippen molar-refractivity contribution in [3.63, 3.8) is 0 Å². The second-order valence-electron chi connectivity index (χ2n) is 30.6. The number of aliphatic carboxylic acids is 1. The van der Waals surface area contributed by atoms with Crippen molar-refractivity contribution < 1.29 is 155 Å². The first kappa shape index (κ1) is 107. The van der Waals surface area contributed by atoms with Gasteiger partial charge in [0.15, 0.2) is 109 Å². The Bertz CT molecular complexity index is 5410. The fraction of sp³-hybridized carbons (Fsp3) is 0.316. The Kier molecular flexibility index (Phi) is 43.0. The summed E-state index contributed by atoms with van der Waals surface area (Å²) in [6.45, 7) is 12.1. The number of amides is 4. The largest absolute Gasteiger partial charge is 0.504 e. The Morgan fingerprint density at radius 3 is 1.28 bits per heavy atom. The van der Waals surface area contributed by atoms with Crippen LogP contribution in [-0.4, -0.2) is 214 Å². The maximum atomic E-state index is 12.0. The van der Waals surface area contributed by atoms with E-state index in [0.29, 0.717) is 98.8 Å². The molecule has 11 rings (SSSR count). The number of phenolic OH excluding ortho intramolecular Hbond substituents is 19. The molecule has 2 heterocycles. The Morgan fingerprint density at radius 2 is 0.831 bits per heavy atom.